The largest absolute Gasteiger partial charge is 0.361 e. The summed E-state index contributed by atoms with van der Waals surface area (Å²) in [6.45, 7) is 2.15. The van der Waals surface area contributed by atoms with E-state index < -0.39 is 6.04 Å². The van der Waals surface area contributed by atoms with Crippen molar-refractivity contribution in [1.29, 1.82) is 0 Å². The first kappa shape index (κ1) is 27.3. The van der Waals surface area contributed by atoms with Crippen LogP contribution in [-0.4, -0.2) is 35.6 Å². The van der Waals surface area contributed by atoms with E-state index >= 15 is 0 Å². The van der Waals surface area contributed by atoms with Crippen LogP contribution in [0.3, 0.4) is 0 Å². The summed E-state index contributed by atoms with van der Waals surface area (Å²) in [6.07, 6.45) is 8.31. The quantitative estimate of drug-likeness (QED) is 0.174. The maximum absolute atomic E-state index is 13.5. The molecule has 8 heteroatoms. The summed E-state index contributed by atoms with van der Waals surface area (Å²) in [6, 6.07) is 30.0. The lowest BCUT2D eigenvalue weighted by Crippen LogP contribution is -2.32. The highest BCUT2D eigenvalue weighted by Gasteiger charge is 2.28. The number of para-hydroxylation sites is 2. The van der Waals surface area contributed by atoms with E-state index in [-0.39, 0.29) is 12.3 Å². The van der Waals surface area contributed by atoms with Crippen molar-refractivity contribution in [2.45, 2.75) is 38.6 Å². The summed E-state index contributed by atoms with van der Waals surface area (Å²) in [5.74, 6) is 1.34. The van der Waals surface area contributed by atoms with E-state index in [1.165, 1.54) is 16.5 Å². The van der Waals surface area contributed by atoms with E-state index in [1.807, 2.05) is 48.7 Å². The summed E-state index contributed by atoms with van der Waals surface area (Å²) in [5, 5.41) is 15.0. The lowest BCUT2D eigenvalue weighted by atomic mass is 10.0. The number of aryl methyl sites for hydroxylation is 3. The molecule has 0 fully saturated rings. The number of H-pyrrole nitrogens is 2. The maximum Gasteiger partial charge on any atom is 0.226 e. The molecule has 4 heterocycles. The molecule has 0 radical (unpaired) electrons. The Kier molecular flexibility index (Phi) is 7.46. The average molecular weight is 580 g/mol. The number of hydrogen-bond acceptors (Lipinski definition) is 4. The van der Waals surface area contributed by atoms with Gasteiger partial charge in [-0.1, -0.05) is 61.5 Å². The molecule has 0 saturated carbocycles. The van der Waals surface area contributed by atoms with Gasteiger partial charge in [0.1, 0.15) is 11.9 Å². The molecule has 7 aromatic rings. The van der Waals surface area contributed by atoms with Crippen LogP contribution in [0.5, 0.6) is 0 Å². The van der Waals surface area contributed by atoms with Crippen molar-refractivity contribution in [1.82, 2.24) is 35.0 Å². The van der Waals surface area contributed by atoms with Crippen molar-refractivity contribution in [3.63, 3.8) is 0 Å². The fourth-order valence-corrected chi connectivity index (χ4v) is 5.92. The lowest BCUT2D eigenvalue weighted by molar-refractivity contribution is -0.121. The molecular formula is C36H33N7O. The van der Waals surface area contributed by atoms with Gasteiger partial charge in [0.25, 0.3) is 0 Å². The number of nitrogens with zero attached hydrogens (tertiary/aromatic N) is 4. The molecule has 44 heavy (non-hydrogen) atoms. The van der Waals surface area contributed by atoms with Gasteiger partial charge < -0.3 is 15.3 Å². The Balaban J connectivity index is 1.31. The Hall–Kier alpha value is -5.50. The van der Waals surface area contributed by atoms with Crippen LogP contribution in [0.25, 0.3) is 27.5 Å². The second kappa shape index (κ2) is 12.0. The number of nitrogens with one attached hydrogen (secondary N) is 3. The standard InChI is InChI=1S/C36H33N7O/c1-2-24-14-17-27(18-15-24)43-33(19-16-25-22-38-31-12-5-3-10-28(25)31)41-42-36(43)35(30-23-39-32-13-6-4-11-29(30)32)40-34(44)21-26-9-7-8-20-37-26/h3-15,17-18,20,22-23,35,38-39H,2,16,19,21H2,1H3,(H,40,44)/t35-/m1/s1. The third-order valence-electron chi connectivity index (χ3n) is 8.21. The molecule has 7 rings (SSSR count). The van der Waals surface area contributed by atoms with Crippen LogP contribution >= 0.6 is 0 Å². The van der Waals surface area contributed by atoms with Crippen molar-refractivity contribution < 1.29 is 4.79 Å². The summed E-state index contributed by atoms with van der Waals surface area (Å²) in [5.41, 5.74) is 7.19. The highest BCUT2D eigenvalue weighted by Crippen LogP contribution is 2.31. The van der Waals surface area contributed by atoms with Crippen molar-refractivity contribution in [2.24, 2.45) is 0 Å². The Bertz CT molecular complexity index is 2040. The molecule has 1 atom stereocenters. The zero-order valence-electron chi connectivity index (χ0n) is 24.5. The van der Waals surface area contributed by atoms with Crippen LogP contribution < -0.4 is 5.32 Å². The van der Waals surface area contributed by atoms with E-state index in [1.54, 1.807) is 6.20 Å². The van der Waals surface area contributed by atoms with E-state index in [0.717, 1.165) is 46.3 Å². The zero-order valence-corrected chi connectivity index (χ0v) is 24.5. The third kappa shape index (κ3) is 5.38. The lowest BCUT2D eigenvalue weighted by Gasteiger charge is -2.20. The first-order valence-electron chi connectivity index (χ1n) is 15.0. The van der Waals surface area contributed by atoms with Crippen molar-refractivity contribution in [3.8, 4) is 5.69 Å². The van der Waals surface area contributed by atoms with Gasteiger partial charge in [-0.25, -0.2) is 0 Å². The summed E-state index contributed by atoms with van der Waals surface area (Å²) >= 11 is 0. The van der Waals surface area contributed by atoms with Crippen LogP contribution in [-0.2, 0) is 30.5 Å². The van der Waals surface area contributed by atoms with Crippen LogP contribution in [0.15, 0.2) is 110 Å². The summed E-state index contributed by atoms with van der Waals surface area (Å²) in [7, 11) is 0. The second-order valence-corrected chi connectivity index (χ2v) is 11.0. The molecule has 8 nitrogen and oxygen atoms in total. The number of rotatable bonds is 10. The zero-order chi connectivity index (χ0) is 29.9. The number of aromatic amines is 2. The topological polar surface area (TPSA) is 104 Å². The van der Waals surface area contributed by atoms with E-state index in [4.69, 9.17) is 10.2 Å². The minimum Gasteiger partial charge on any atom is -0.361 e. The van der Waals surface area contributed by atoms with Crippen molar-refractivity contribution in [3.05, 3.63) is 144 Å². The van der Waals surface area contributed by atoms with Crippen LogP contribution in [0, 0.1) is 0 Å². The summed E-state index contributed by atoms with van der Waals surface area (Å²) in [4.78, 5) is 24.7. The maximum atomic E-state index is 13.5. The van der Waals surface area contributed by atoms with Gasteiger partial charge in [0, 0.05) is 63.8 Å². The molecule has 3 aromatic carbocycles. The first-order valence-corrected chi connectivity index (χ1v) is 15.0. The molecule has 0 aliphatic heterocycles. The number of amides is 1. The molecule has 4 aromatic heterocycles. The molecule has 0 aliphatic carbocycles. The van der Waals surface area contributed by atoms with Crippen molar-refractivity contribution in [2.75, 3.05) is 0 Å². The molecule has 0 saturated heterocycles. The van der Waals surface area contributed by atoms with Crippen LogP contribution in [0.4, 0.5) is 0 Å². The predicted octanol–water partition coefficient (Wildman–Crippen LogP) is 6.42. The van der Waals surface area contributed by atoms with Gasteiger partial charge in [-0.2, -0.15) is 0 Å². The van der Waals surface area contributed by atoms with Gasteiger partial charge >= 0.3 is 0 Å². The smallest absolute Gasteiger partial charge is 0.226 e. The number of fused-ring (bicyclic) bond motifs is 2. The van der Waals surface area contributed by atoms with Gasteiger partial charge in [0.2, 0.25) is 5.91 Å². The summed E-state index contributed by atoms with van der Waals surface area (Å²) < 4.78 is 2.11. The normalized spacial score (nSPS) is 12.1. The SMILES string of the molecule is CCc1ccc(-n2c(CCc3c[nH]c4ccccc34)nnc2[C@H](NC(=O)Cc2ccccn2)c2c[nH]c3ccccc23)cc1. The Morgan fingerprint density at radius 1 is 0.818 bits per heavy atom. The molecule has 0 aliphatic rings. The molecule has 1 amide bonds. The molecular weight excluding hydrogens is 546 g/mol. The number of pyridine rings is 1. The Morgan fingerprint density at radius 3 is 2.32 bits per heavy atom. The van der Waals surface area contributed by atoms with Gasteiger partial charge in [-0.3, -0.25) is 14.3 Å². The Labute approximate surface area is 255 Å². The van der Waals surface area contributed by atoms with Gasteiger partial charge in [-0.05, 0) is 60.4 Å². The average Bonchev–Trinajstić information content (AvgIpc) is 3.80. The minimum atomic E-state index is -0.553. The molecule has 3 N–H and O–H groups in total. The minimum absolute atomic E-state index is 0.143. The highest BCUT2D eigenvalue weighted by atomic mass is 16.1. The number of carbonyl (C=O) groups excluding carboxylic acids is 1. The van der Waals surface area contributed by atoms with Gasteiger partial charge in [0.15, 0.2) is 5.82 Å². The molecule has 218 valence electrons. The fraction of sp³-hybridized carbons (Fsp3) is 0.167. The first-order chi connectivity index (χ1) is 21.7. The predicted molar refractivity (Wildman–Crippen MR) is 173 cm³/mol. The second-order valence-electron chi connectivity index (χ2n) is 11.0. The van der Waals surface area contributed by atoms with E-state index in [9.17, 15) is 4.79 Å². The highest BCUT2D eigenvalue weighted by molar-refractivity contribution is 5.86. The number of benzene rings is 3. The van der Waals surface area contributed by atoms with E-state index in [2.05, 4.69) is 86.5 Å². The van der Waals surface area contributed by atoms with Crippen molar-refractivity contribution >= 4 is 27.7 Å². The molecule has 0 bridgehead atoms. The molecule has 0 unspecified atom stereocenters. The fourth-order valence-electron chi connectivity index (χ4n) is 5.92. The van der Waals surface area contributed by atoms with Crippen LogP contribution in [0.2, 0.25) is 0 Å². The monoisotopic (exact) mass is 579 g/mol. The van der Waals surface area contributed by atoms with Gasteiger partial charge in [-0.15, -0.1) is 10.2 Å². The number of aromatic nitrogens is 6. The Morgan fingerprint density at radius 2 is 1.55 bits per heavy atom. The number of hydrogen-bond donors (Lipinski definition) is 3. The van der Waals surface area contributed by atoms with E-state index in [0.29, 0.717) is 17.9 Å². The van der Waals surface area contributed by atoms with Gasteiger partial charge in [0.05, 0.1) is 6.42 Å². The molecule has 0 spiro atoms. The third-order valence-corrected chi connectivity index (χ3v) is 8.21. The number of carbonyl (C=O) groups is 1. The van der Waals surface area contributed by atoms with Crippen LogP contribution in [0.1, 0.15) is 47.0 Å².